The Morgan fingerprint density at radius 2 is 1.44 bits per heavy atom. The lowest BCUT2D eigenvalue weighted by Gasteiger charge is -2.22. The van der Waals surface area contributed by atoms with Crippen LogP contribution in [0.5, 0.6) is 0 Å². The van der Waals surface area contributed by atoms with Crippen molar-refractivity contribution in [2.75, 3.05) is 49.1 Å². The predicted octanol–water partition coefficient (Wildman–Crippen LogP) is 3.83. The molecule has 3 fully saturated rings. The fourth-order valence-electron chi connectivity index (χ4n) is 5.48. The van der Waals surface area contributed by atoms with Gasteiger partial charge in [0.1, 0.15) is 18.0 Å². The lowest BCUT2D eigenvalue weighted by Crippen LogP contribution is -2.31. The standard InChI is InChI=1S/C24H30N6O.ClH/c31-20(27-11-3-4-12-27)17-30-19-10-2-1-9-18(19)21-22(28-13-5-6-14-28)25-24(26-23(21)30)29-15-7-8-16-29;/h1-2,9-10H,3-8,11-17H2;1H. The Labute approximate surface area is 194 Å². The Morgan fingerprint density at radius 3 is 2.16 bits per heavy atom. The minimum Gasteiger partial charge on any atom is -0.356 e. The van der Waals surface area contributed by atoms with Crippen LogP contribution in [0, 0.1) is 0 Å². The summed E-state index contributed by atoms with van der Waals surface area (Å²) in [4.78, 5) is 30.1. The van der Waals surface area contributed by atoms with E-state index < -0.39 is 0 Å². The first-order valence-electron chi connectivity index (χ1n) is 11.9. The van der Waals surface area contributed by atoms with Gasteiger partial charge in [0.2, 0.25) is 11.9 Å². The van der Waals surface area contributed by atoms with Crippen LogP contribution in [-0.4, -0.2) is 64.6 Å². The molecule has 3 saturated heterocycles. The van der Waals surface area contributed by atoms with Gasteiger partial charge in [0.15, 0.2) is 0 Å². The third kappa shape index (κ3) is 3.56. The monoisotopic (exact) mass is 454 g/mol. The minimum absolute atomic E-state index is 0. The molecule has 0 N–H and O–H groups in total. The molecule has 6 rings (SSSR count). The average molecular weight is 455 g/mol. The van der Waals surface area contributed by atoms with Crippen LogP contribution in [0.25, 0.3) is 21.9 Å². The summed E-state index contributed by atoms with van der Waals surface area (Å²) in [5.41, 5.74) is 1.99. The van der Waals surface area contributed by atoms with Crippen LogP contribution >= 0.6 is 12.4 Å². The molecule has 7 nitrogen and oxygen atoms in total. The number of benzene rings is 1. The van der Waals surface area contributed by atoms with E-state index in [1.165, 1.54) is 25.7 Å². The number of halogens is 1. The topological polar surface area (TPSA) is 57.5 Å². The van der Waals surface area contributed by atoms with Crippen molar-refractivity contribution in [1.29, 1.82) is 0 Å². The fourth-order valence-corrected chi connectivity index (χ4v) is 5.48. The van der Waals surface area contributed by atoms with Crippen molar-refractivity contribution in [3.05, 3.63) is 24.3 Å². The number of aromatic nitrogens is 3. The summed E-state index contributed by atoms with van der Waals surface area (Å²) in [7, 11) is 0. The Morgan fingerprint density at radius 1 is 0.812 bits per heavy atom. The molecular formula is C24H31ClN6O. The van der Waals surface area contributed by atoms with Crippen LogP contribution in [0.15, 0.2) is 24.3 Å². The first-order valence-corrected chi connectivity index (χ1v) is 11.9. The van der Waals surface area contributed by atoms with Gasteiger partial charge in [-0.25, -0.2) is 0 Å². The molecule has 0 saturated carbocycles. The number of fused-ring (bicyclic) bond motifs is 3. The number of carbonyl (C=O) groups is 1. The van der Waals surface area contributed by atoms with Crippen LogP contribution in [0.2, 0.25) is 0 Å². The van der Waals surface area contributed by atoms with Crippen LogP contribution in [-0.2, 0) is 11.3 Å². The first kappa shape index (κ1) is 21.3. The Balaban J connectivity index is 0.00000216. The van der Waals surface area contributed by atoms with Gasteiger partial charge in [-0.05, 0) is 44.6 Å². The highest BCUT2D eigenvalue weighted by molar-refractivity contribution is 6.12. The third-order valence-corrected chi connectivity index (χ3v) is 7.13. The van der Waals surface area contributed by atoms with Gasteiger partial charge in [-0.2, -0.15) is 9.97 Å². The van der Waals surface area contributed by atoms with E-state index in [0.717, 1.165) is 85.8 Å². The molecule has 0 unspecified atom stereocenters. The molecule has 0 spiro atoms. The average Bonchev–Trinajstić information content (AvgIpc) is 3.61. The lowest BCUT2D eigenvalue weighted by molar-refractivity contribution is -0.130. The van der Waals surface area contributed by atoms with Crippen molar-refractivity contribution in [2.45, 2.75) is 45.1 Å². The molecule has 170 valence electrons. The second kappa shape index (κ2) is 8.77. The van der Waals surface area contributed by atoms with E-state index >= 15 is 0 Å². The molecule has 3 aliphatic rings. The van der Waals surface area contributed by atoms with Gasteiger partial charge in [0.05, 0.1) is 10.9 Å². The summed E-state index contributed by atoms with van der Waals surface area (Å²) >= 11 is 0. The van der Waals surface area contributed by atoms with Gasteiger partial charge < -0.3 is 19.3 Å². The summed E-state index contributed by atoms with van der Waals surface area (Å²) in [6.07, 6.45) is 7.01. The number of rotatable bonds is 4. The number of hydrogen-bond acceptors (Lipinski definition) is 5. The van der Waals surface area contributed by atoms with Crippen LogP contribution < -0.4 is 9.80 Å². The van der Waals surface area contributed by atoms with Gasteiger partial charge in [0.25, 0.3) is 0 Å². The zero-order valence-electron chi connectivity index (χ0n) is 18.5. The van der Waals surface area contributed by atoms with Gasteiger partial charge >= 0.3 is 0 Å². The van der Waals surface area contributed by atoms with Crippen molar-refractivity contribution in [3.63, 3.8) is 0 Å². The highest BCUT2D eigenvalue weighted by Gasteiger charge is 2.27. The fraction of sp³-hybridized carbons (Fsp3) is 0.542. The highest BCUT2D eigenvalue weighted by atomic mass is 35.5. The number of para-hydroxylation sites is 1. The van der Waals surface area contributed by atoms with Crippen molar-refractivity contribution < 1.29 is 4.79 Å². The van der Waals surface area contributed by atoms with E-state index in [1.54, 1.807) is 0 Å². The number of anilines is 2. The molecule has 2 aromatic heterocycles. The summed E-state index contributed by atoms with van der Waals surface area (Å²) < 4.78 is 2.14. The summed E-state index contributed by atoms with van der Waals surface area (Å²) in [6.45, 7) is 6.21. The minimum atomic E-state index is 0. The molecule has 0 atom stereocenters. The van der Waals surface area contributed by atoms with Crippen molar-refractivity contribution in [3.8, 4) is 0 Å². The van der Waals surface area contributed by atoms with Crippen molar-refractivity contribution >= 4 is 52.0 Å². The molecule has 0 radical (unpaired) electrons. The molecule has 5 heterocycles. The number of nitrogens with zero attached hydrogens (tertiary/aromatic N) is 6. The zero-order chi connectivity index (χ0) is 20.8. The van der Waals surface area contributed by atoms with Crippen LogP contribution in [0.3, 0.4) is 0 Å². The predicted molar refractivity (Wildman–Crippen MR) is 131 cm³/mol. The second-order valence-corrected chi connectivity index (χ2v) is 9.13. The second-order valence-electron chi connectivity index (χ2n) is 9.13. The van der Waals surface area contributed by atoms with E-state index in [4.69, 9.17) is 9.97 Å². The quantitative estimate of drug-likeness (QED) is 0.599. The maximum atomic E-state index is 13.1. The van der Waals surface area contributed by atoms with E-state index in [1.807, 2.05) is 4.90 Å². The number of hydrogen-bond donors (Lipinski definition) is 0. The van der Waals surface area contributed by atoms with Crippen LogP contribution in [0.1, 0.15) is 38.5 Å². The molecular weight excluding hydrogens is 424 g/mol. The number of amides is 1. The smallest absolute Gasteiger partial charge is 0.242 e. The molecule has 3 aliphatic heterocycles. The summed E-state index contributed by atoms with van der Waals surface area (Å²) in [6, 6.07) is 8.42. The molecule has 1 amide bonds. The van der Waals surface area contributed by atoms with Gasteiger partial charge in [-0.3, -0.25) is 4.79 Å². The molecule has 0 aliphatic carbocycles. The Hall–Kier alpha value is -2.54. The maximum absolute atomic E-state index is 13.1. The zero-order valence-corrected chi connectivity index (χ0v) is 19.3. The third-order valence-electron chi connectivity index (χ3n) is 7.13. The number of likely N-dealkylation sites (tertiary alicyclic amines) is 1. The van der Waals surface area contributed by atoms with E-state index in [-0.39, 0.29) is 18.3 Å². The normalized spacial score (nSPS) is 18.8. The molecule has 0 bridgehead atoms. The van der Waals surface area contributed by atoms with Gasteiger partial charge in [-0.1, -0.05) is 18.2 Å². The molecule has 1 aromatic carbocycles. The number of carbonyl (C=O) groups excluding carboxylic acids is 1. The van der Waals surface area contributed by atoms with Crippen molar-refractivity contribution in [2.24, 2.45) is 0 Å². The van der Waals surface area contributed by atoms with E-state index in [2.05, 4.69) is 38.6 Å². The Kier molecular flexibility index (Phi) is 5.84. The molecule has 32 heavy (non-hydrogen) atoms. The van der Waals surface area contributed by atoms with Gasteiger partial charge in [-0.15, -0.1) is 12.4 Å². The van der Waals surface area contributed by atoms with E-state index in [9.17, 15) is 4.79 Å². The Bertz CT molecular complexity index is 1130. The largest absolute Gasteiger partial charge is 0.356 e. The lowest BCUT2D eigenvalue weighted by atomic mass is 10.2. The summed E-state index contributed by atoms with van der Waals surface area (Å²) in [5.74, 6) is 2.07. The highest BCUT2D eigenvalue weighted by Crippen LogP contribution is 2.37. The first-order chi connectivity index (χ1) is 15.3. The molecule has 8 heteroatoms. The van der Waals surface area contributed by atoms with Crippen molar-refractivity contribution in [1.82, 2.24) is 19.4 Å². The van der Waals surface area contributed by atoms with Crippen LogP contribution in [0.4, 0.5) is 11.8 Å². The maximum Gasteiger partial charge on any atom is 0.242 e. The molecule has 3 aromatic rings. The SMILES string of the molecule is Cl.O=C(Cn1c2ccccc2c2c(N3CCCC3)nc(N3CCCC3)nc21)N1CCCC1. The van der Waals surface area contributed by atoms with Gasteiger partial charge in [0, 0.05) is 44.7 Å². The van der Waals surface area contributed by atoms with E-state index in [0.29, 0.717) is 6.54 Å². The summed E-state index contributed by atoms with van der Waals surface area (Å²) in [5, 5.41) is 2.26.